The largest absolute Gasteiger partial charge is 0.454 e. The molecule has 1 aromatic heterocycles. The van der Waals surface area contributed by atoms with Gasteiger partial charge in [0.05, 0.1) is 6.42 Å². The Labute approximate surface area is 169 Å². The summed E-state index contributed by atoms with van der Waals surface area (Å²) in [5.74, 6) is 1.44. The smallest absolute Gasteiger partial charge is 0.274 e. The molecule has 8 nitrogen and oxygen atoms in total. The van der Waals surface area contributed by atoms with Crippen LogP contribution in [-0.4, -0.2) is 64.4 Å². The molecular weight excluding hydrogens is 372 g/mol. The second-order valence-corrected chi connectivity index (χ2v) is 7.74. The van der Waals surface area contributed by atoms with Crippen LogP contribution in [0, 0.1) is 0 Å². The molecule has 1 fully saturated rings. The first kappa shape index (κ1) is 18.0. The predicted molar refractivity (Wildman–Crippen MR) is 104 cm³/mol. The third kappa shape index (κ3) is 3.54. The zero-order valence-electron chi connectivity index (χ0n) is 16.3. The van der Waals surface area contributed by atoms with Crippen molar-refractivity contribution in [1.29, 1.82) is 0 Å². The van der Waals surface area contributed by atoms with Crippen molar-refractivity contribution in [3.63, 3.8) is 0 Å². The number of nitrogens with zero attached hydrogens (tertiary/aromatic N) is 4. The summed E-state index contributed by atoms with van der Waals surface area (Å²) in [4.78, 5) is 29.1. The molecule has 0 saturated carbocycles. The standard InChI is InChI=1S/C21H24N4O4/c26-20(12-15-4-5-18-19(11-15)29-14-28-18)23-7-9-24(10-8-23)21(27)17-13-16-3-1-2-6-25(16)22-17/h4-5,11,13H,1-3,6-10,12,14H2. The Kier molecular flexibility index (Phi) is 4.61. The van der Waals surface area contributed by atoms with E-state index in [0.29, 0.717) is 49.8 Å². The molecule has 1 saturated heterocycles. The first-order valence-electron chi connectivity index (χ1n) is 10.2. The number of hydrogen-bond acceptors (Lipinski definition) is 5. The van der Waals surface area contributed by atoms with E-state index in [-0.39, 0.29) is 18.6 Å². The van der Waals surface area contributed by atoms with Crippen LogP contribution in [0.2, 0.25) is 0 Å². The lowest BCUT2D eigenvalue weighted by Crippen LogP contribution is -2.51. The molecule has 1 aromatic carbocycles. The van der Waals surface area contributed by atoms with Crippen molar-refractivity contribution < 1.29 is 19.1 Å². The van der Waals surface area contributed by atoms with Crippen LogP contribution in [0.5, 0.6) is 11.5 Å². The molecule has 5 rings (SSSR count). The van der Waals surface area contributed by atoms with Crippen molar-refractivity contribution in [2.45, 2.75) is 32.2 Å². The predicted octanol–water partition coefficient (Wildman–Crippen LogP) is 1.48. The van der Waals surface area contributed by atoms with Gasteiger partial charge in [0.15, 0.2) is 17.2 Å². The molecule has 0 spiro atoms. The van der Waals surface area contributed by atoms with E-state index in [0.717, 1.165) is 37.1 Å². The number of hydrogen-bond donors (Lipinski definition) is 0. The number of aromatic nitrogens is 2. The molecule has 8 heteroatoms. The lowest BCUT2D eigenvalue weighted by Gasteiger charge is -2.34. The Morgan fingerprint density at radius 1 is 0.931 bits per heavy atom. The first-order chi connectivity index (χ1) is 14.2. The van der Waals surface area contributed by atoms with Crippen molar-refractivity contribution >= 4 is 11.8 Å². The number of benzene rings is 1. The Balaban J connectivity index is 1.17. The summed E-state index contributed by atoms with van der Waals surface area (Å²) in [6, 6.07) is 7.52. The number of piperazine rings is 1. The summed E-state index contributed by atoms with van der Waals surface area (Å²) in [6.45, 7) is 3.28. The minimum Gasteiger partial charge on any atom is -0.454 e. The first-order valence-corrected chi connectivity index (χ1v) is 10.2. The second kappa shape index (κ2) is 7.42. The van der Waals surface area contributed by atoms with Crippen molar-refractivity contribution in [3.8, 4) is 11.5 Å². The quantitative estimate of drug-likeness (QED) is 0.785. The number of amides is 2. The van der Waals surface area contributed by atoms with Crippen molar-refractivity contribution in [2.24, 2.45) is 0 Å². The molecule has 3 aliphatic heterocycles. The highest BCUT2D eigenvalue weighted by atomic mass is 16.7. The molecule has 152 valence electrons. The Morgan fingerprint density at radius 3 is 2.55 bits per heavy atom. The molecule has 0 unspecified atom stereocenters. The molecule has 0 aliphatic carbocycles. The van der Waals surface area contributed by atoms with Crippen LogP contribution in [-0.2, 0) is 24.2 Å². The van der Waals surface area contributed by atoms with E-state index in [1.165, 1.54) is 0 Å². The number of rotatable bonds is 3. The SMILES string of the molecule is O=C(Cc1ccc2c(c1)OCO2)N1CCN(C(=O)c2cc3n(n2)CCCC3)CC1. The van der Waals surface area contributed by atoms with Crippen LogP contribution in [0.15, 0.2) is 24.3 Å². The van der Waals surface area contributed by atoms with Gasteiger partial charge >= 0.3 is 0 Å². The summed E-state index contributed by atoms with van der Waals surface area (Å²) in [5, 5.41) is 4.49. The molecule has 2 aromatic rings. The van der Waals surface area contributed by atoms with Crippen LogP contribution in [0.1, 0.15) is 34.6 Å². The summed E-state index contributed by atoms with van der Waals surface area (Å²) in [5.41, 5.74) is 2.58. The highest BCUT2D eigenvalue weighted by Gasteiger charge is 2.27. The molecule has 0 radical (unpaired) electrons. The van der Waals surface area contributed by atoms with Gasteiger partial charge in [0.25, 0.3) is 5.91 Å². The lowest BCUT2D eigenvalue weighted by atomic mass is 10.1. The van der Waals surface area contributed by atoms with Gasteiger partial charge in [0.1, 0.15) is 0 Å². The Hall–Kier alpha value is -3.03. The average Bonchev–Trinajstić information content (AvgIpc) is 3.39. The van der Waals surface area contributed by atoms with Gasteiger partial charge in [-0.2, -0.15) is 5.10 Å². The van der Waals surface area contributed by atoms with Gasteiger partial charge in [-0.3, -0.25) is 14.3 Å². The fourth-order valence-electron chi connectivity index (χ4n) is 4.18. The highest BCUT2D eigenvalue weighted by molar-refractivity contribution is 5.92. The van der Waals surface area contributed by atoms with Crippen LogP contribution in [0.4, 0.5) is 0 Å². The summed E-state index contributed by atoms with van der Waals surface area (Å²) < 4.78 is 12.7. The second-order valence-electron chi connectivity index (χ2n) is 7.74. The van der Waals surface area contributed by atoms with Crippen LogP contribution >= 0.6 is 0 Å². The zero-order chi connectivity index (χ0) is 19.8. The van der Waals surface area contributed by atoms with E-state index in [9.17, 15) is 9.59 Å². The van der Waals surface area contributed by atoms with E-state index < -0.39 is 0 Å². The Morgan fingerprint density at radius 2 is 1.72 bits per heavy atom. The normalized spacial score (nSPS) is 17.9. The number of fused-ring (bicyclic) bond motifs is 2. The highest BCUT2D eigenvalue weighted by Crippen LogP contribution is 2.32. The number of aryl methyl sites for hydroxylation is 2. The van der Waals surface area contributed by atoms with Gasteiger partial charge in [-0.15, -0.1) is 0 Å². The van der Waals surface area contributed by atoms with Gasteiger partial charge in [-0.25, -0.2) is 0 Å². The summed E-state index contributed by atoms with van der Waals surface area (Å²) in [7, 11) is 0. The molecule has 0 N–H and O–H groups in total. The van der Waals surface area contributed by atoms with E-state index in [1.807, 2.05) is 33.8 Å². The van der Waals surface area contributed by atoms with Crippen LogP contribution < -0.4 is 9.47 Å². The maximum atomic E-state index is 12.8. The van der Waals surface area contributed by atoms with Gasteiger partial charge in [0.2, 0.25) is 12.7 Å². The summed E-state index contributed by atoms with van der Waals surface area (Å²) >= 11 is 0. The maximum Gasteiger partial charge on any atom is 0.274 e. The third-order valence-electron chi connectivity index (χ3n) is 5.85. The molecule has 0 atom stereocenters. The van der Waals surface area contributed by atoms with Gasteiger partial charge in [0, 0.05) is 38.4 Å². The van der Waals surface area contributed by atoms with Crippen molar-refractivity contribution in [1.82, 2.24) is 19.6 Å². The topological polar surface area (TPSA) is 76.9 Å². The molecular formula is C21H24N4O4. The van der Waals surface area contributed by atoms with Gasteiger partial charge in [-0.05, 0) is 43.0 Å². The molecule has 0 bridgehead atoms. The van der Waals surface area contributed by atoms with E-state index >= 15 is 0 Å². The third-order valence-corrected chi connectivity index (χ3v) is 5.85. The number of carbonyl (C=O) groups is 2. The zero-order valence-corrected chi connectivity index (χ0v) is 16.3. The molecule has 2 amide bonds. The number of carbonyl (C=O) groups excluding carboxylic acids is 2. The van der Waals surface area contributed by atoms with Crippen molar-refractivity contribution in [3.05, 3.63) is 41.2 Å². The van der Waals surface area contributed by atoms with Gasteiger partial charge < -0.3 is 19.3 Å². The fourth-order valence-corrected chi connectivity index (χ4v) is 4.18. The van der Waals surface area contributed by atoms with Gasteiger partial charge in [-0.1, -0.05) is 6.07 Å². The van der Waals surface area contributed by atoms with E-state index in [1.54, 1.807) is 4.90 Å². The minimum atomic E-state index is -0.0326. The van der Waals surface area contributed by atoms with Crippen LogP contribution in [0.25, 0.3) is 0 Å². The molecule has 4 heterocycles. The fraction of sp³-hybridized carbons (Fsp3) is 0.476. The maximum absolute atomic E-state index is 12.8. The van der Waals surface area contributed by atoms with E-state index in [2.05, 4.69) is 5.10 Å². The molecule has 29 heavy (non-hydrogen) atoms. The average molecular weight is 396 g/mol. The number of ether oxygens (including phenoxy) is 2. The van der Waals surface area contributed by atoms with Crippen molar-refractivity contribution in [2.75, 3.05) is 33.0 Å². The lowest BCUT2D eigenvalue weighted by molar-refractivity contribution is -0.131. The monoisotopic (exact) mass is 396 g/mol. The van der Waals surface area contributed by atoms with Crippen LogP contribution in [0.3, 0.4) is 0 Å². The Bertz CT molecular complexity index is 923. The summed E-state index contributed by atoms with van der Waals surface area (Å²) in [6.07, 6.45) is 3.58. The minimum absolute atomic E-state index is 0.0326. The van der Waals surface area contributed by atoms with E-state index in [4.69, 9.17) is 9.47 Å². The molecule has 3 aliphatic rings.